The molecule has 0 unspecified atom stereocenters. The first-order chi connectivity index (χ1) is 11.8. The van der Waals surface area contributed by atoms with Crippen molar-refractivity contribution < 1.29 is 9.53 Å². The van der Waals surface area contributed by atoms with Gasteiger partial charge in [-0.25, -0.2) is 0 Å². The maximum atomic E-state index is 11.9. The van der Waals surface area contributed by atoms with Crippen molar-refractivity contribution >= 4 is 17.2 Å². The summed E-state index contributed by atoms with van der Waals surface area (Å²) >= 11 is 1.63. The molecule has 1 atom stereocenters. The standard InChI is InChI=1S/C19H24N2O2S/c22-19(14-17-8-4-13-24-17)20-9-5-10-21-11-12-23-18(15-21)16-6-2-1-3-7-16/h1-4,6-8,13,18H,5,9-12,14-15H2,(H,20,22)/t18-/m0/s1. The Balaban J connectivity index is 1.35. The van der Waals surface area contributed by atoms with Crippen LogP contribution in [0.15, 0.2) is 47.8 Å². The summed E-state index contributed by atoms with van der Waals surface area (Å²) in [5.74, 6) is 0.113. The van der Waals surface area contributed by atoms with Crippen molar-refractivity contribution in [3.05, 3.63) is 58.3 Å². The van der Waals surface area contributed by atoms with Gasteiger partial charge >= 0.3 is 0 Å². The first kappa shape index (κ1) is 17.1. The Bertz CT molecular complexity index is 616. The zero-order valence-electron chi connectivity index (χ0n) is 13.8. The molecule has 1 aromatic heterocycles. The predicted octanol–water partition coefficient (Wildman–Crippen LogP) is 2.87. The van der Waals surface area contributed by atoms with Crippen molar-refractivity contribution in [3.8, 4) is 0 Å². The van der Waals surface area contributed by atoms with Crippen LogP contribution in [-0.2, 0) is 16.0 Å². The van der Waals surface area contributed by atoms with Crippen molar-refractivity contribution in [2.75, 3.05) is 32.8 Å². The number of carbonyl (C=O) groups excluding carboxylic acids is 1. The van der Waals surface area contributed by atoms with Gasteiger partial charge in [-0.1, -0.05) is 36.4 Å². The van der Waals surface area contributed by atoms with Gasteiger partial charge < -0.3 is 10.1 Å². The molecule has 2 heterocycles. The van der Waals surface area contributed by atoms with Crippen LogP contribution in [0.25, 0.3) is 0 Å². The molecule has 0 saturated carbocycles. The molecule has 24 heavy (non-hydrogen) atoms. The monoisotopic (exact) mass is 344 g/mol. The van der Waals surface area contributed by atoms with Crippen molar-refractivity contribution in [1.29, 1.82) is 0 Å². The first-order valence-electron chi connectivity index (χ1n) is 8.49. The second kappa shape index (κ2) is 8.97. The highest BCUT2D eigenvalue weighted by Gasteiger charge is 2.21. The molecule has 1 saturated heterocycles. The van der Waals surface area contributed by atoms with Gasteiger partial charge in [0.25, 0.3) is 0 Å². The minimum Gasteiger partial charge on any atom is -0.371 e. The molecular formula is C19H24N2O2S. The second-order valence-electron chi connectivity index (χ2n) is 6.03. The average Bonchev–Trinajstić information content (AvgIpc) is 3.13. The van der Waals surface area contributed by atoms with E-state index in [0.717, 1.165) is 44.1 Å². The molecule has 1 fully saturated rings. The maximum Gasteiger partial charge on any atom is 0.225 e. The summed E-state index contributed by atoms with van der Waals surface area (Å²) in [5, 5.41) is 5.02. The Morgan fingerprint density at radius 3 is 2.92 bits per heavy atom. The molecule has 1 N–H and O–H groups in total. The molecule has 2 aromatic rings. The third-order valence-corrected chi connectivity index (χ3v) is 5.09. The average molecular weight is 344 g/mol. The number of nitrogens with one attached hydrogen (secondary N) is 1. The van der Waals surface area contributed by atoms with Crippen LogP contribution >= 0.6 is 11.3 Å². The molecule has 0 spiro atoms. The largest absolute Gasteiger partial charge is 0.371 e. The van der Waals surface area contributed by atoms with Crippen molar-refractivity contribution in [3.63, 3.8) is 0 Å². The zero-order valence-corrected chi connectivity index (χ0v) is 14.6. The lowest BCUT2D eigenvalue weighted by molar-refractivity contribution is -0.120. The molecule has 4 nitrogen and oxygen atoms in total. The van der Waals surface area contributed by atoms with Gasteiger partial charge in [0.05, 0.1) is 19.1 Å². The smallest absolute Gasteiger partial charge is 0.225 e. The predicted molar refractivity (Wildman–Crippen MR) is 97.2 cm³/mol. The van der Waals surface area contributed by atoms with Gasteiger partial charge in [0.15, 0.2) is 0 Å². The van der Waals surface area contributed by atoms with Crippen LogP contribution in [-0.4, -0.2) is 43.6 Å². The zero-order chi connectivity index (χ0) is 16.6. The molecule has 1 aromatic carbocycles. The SMILES string of the molecule is O=C(Cc1cccs1)NCCCN1CCO[C@H](c2ccccc2)C1. The van der Waals surface area contributed by atoms with E-state index in [1.165, 1.54) is 5.56 Å². The van der Waals surface area contributed by atoms with Crippen molar-refractivity contribution in [1.82, 2.24) is 10.2 Å². The topological polar surface area (TPSA) is 41.6 Å². The fourth-order valence-corrected chi connectivity index (χ4v) is 3.64. The molecule has 5 heteroatoms. The van der Waals surface area contributed by atoms with Gasteiger partial charge in [0.2, 0.25) is 5.91 Å². The molecule has 1 aliphatic heterocycles. The lowest BCUT2D eigenvalue weighted by atomic mass is 10.1. The maximum absolute atomic E-state index is 11.9. The first-order valence-corrected chi connectivity index (χ1v) is 9.37. The Labute approximate surface area is 147 Å². The van der Waals surface area contributed by atoms with E-state index >= 15 is 0 Å². The number of rotatable bonds is 7. The molecule has 0 bridgehead atoms. The minimum atomic E-state index is 0.113. The van der Waals surface area contributed by atoms with E-state index in [-0.39, 0.29) is 12.0 Å². The summed E-state index contributed by atoms with van der Waals surface area (Å²) in [7, 11) is 0. The van der Waals surface area contributed by atoms with E-state index < -0.39 is 0 Å². The van der Waals surface area contributed by atoms with E-state index in [4.69, 9.17) is 4.74 Å². The number of hydrogen-bond donors (Lipinski definition) is 1. The van der Waals surface area contributed by atoms with Gasteiger partial charge in [-0.05, 0) is 23.4 Å². The van der Waals surface area contributed by atoms with Crippen molar-refractivity contribution in [2.45, 2.75) is 18.9 Å². The number of benzene rings is 1. The molecule has 128 valence electrons. The van der Waals surface area contributed by atoms with Gasteiger partial charge in [0, 0.05) is 31.1 Å². The van der Waals surface area contributed by atoms with E-state index in [2.05, 4.69) is 34.5 Å². The van der Waals surface area contributed by atoms with Crippen LogP contribution in [0.3, 0.4) is 0 Å². The Morgan fingerprint density at radius 1 is 1.25 bits per heavy atom. The van der Waals surface area contributed by atoms with E-state index in [9.17, 15) is 4.79 Å². The number of hydrogen-bond acceptors (Lipinski definition) is 4. The highest BCUT2D eigenvalue weighted by atomic mass is 32.1. The summed E-state index contributed by atoms with van der Waals surface area (Å²) in [6, 6.07) is 14.4. The van der Waals surface area contributed by atoms with Crippen LogP contribution in [0.4, 0.5) is 0 Å². The van der Waals surface area contributed by atoms with Crippen LogP contribution in [0.1, 0.15) is 23.0 Å². The summed E-state index contributed by atoms with van der Waals surface area (Å²) in [5.41, 5.74) is 1.24. The highest BCUT2D eigenvalue weighted by molar-refractivity contribution is 7.10. The van der Waals surface area contributed by atoms with Gasteiger partial charge in [-0.15, -0.1) is 11.3 Å². The molecule has 0 radical (unpaired) electrons. The van der Waals surface area contributed by atoms with Crippen LogP contribution in [0.2, 0.25) is 0 Å². The third kappa shape index (κ3) is 5.16. The number of ether oxygens (including phenoxy) is 1. The molecule has 1 amide bonds. The molecular weight excluding hydrogens is 320 g/mol. The van der Waals surface area contributed by atoms with Gasteiger partial charge in [-0.2, -0.15) is 0 Å². The molecule has 3 rings (SSSR count). The summed E-state index contributed by atoms with van der Waals surface area (Å²) in [4.78, 5) is 15.4. The molecule has 0 aliphatic carbocycles. The van der Waals surface area contributed by atoms with E-state index in [0.29, 0.717) is 6.42 Å². The van der Waals surface area contributed by atoms with Gasteiger partial charge in [-0.3, -0.25) is 9.69 Å². The fraction of sp³-hybridized carbons (Fsp3) is 0.421. The lowest BCUT2D eigenvalue weighted by Crippen LogP contribution is -2.40. The van der Waals surface area contributed by atoms with Crippen LogP contribution in [0.5, 0.6) is 0 Å². The summed E-state index contributed by atoms with van der Waals surface area (Å²) in [6.07, 6.45) is 1.62. The Morgan fingerprint density at radius 2 is 2.12 bits per heavy atom. The summed E-state index contributed by atoms with van der Waals surface area (Å²) in [6.45, 7) is 4.38. The highest BCUT2D eigenvalue weighted by Crippen LogP contribution is 2.21. The van der Waals surface area contributed by atoms with Gasteiger partial charge in [0.1, 0.15) is 0 Å². The normalized spacial score (nSPS) is 18.4. The minimum absolute atomic E-state index is 0.113. The Kier molecular flexibility index (Phi) is 6.41. The number of morpholine rings is 1. The number of carbonyl (C=O) groups is 1. The quantitative estimate of drug-likeness (QED) is 0.785. The number of thiophene rings is 1. The number of amides is 1. The second-order valence-corrected chi connectivity index (χ2v) is 7.06. The van der Waals surface area contributed by atoms with Crippen LogP contribution < -0.4 is 5.32 Å². The van der Waals surface area contributed by atoms with Crippen molar-refractivity contribution in [2.24, 2.45) is 0 Å². The molecule has 1 aliphatic rings. The third-order valence-electron chi connectivity index (χ3n) is 4.21. The number of nitrogens with zero attached hydrogens (tertiary/aromatic N) is 1. The van der Waals surface area contributed by atoms with E-state index in [1.807, 2.05) is 23.6 Å². The summed E-state index contributed by atoms with van der Waals surface area (Å²) < 4.78 is 5.89. The lowest BCUT2D eigenvalue weighted by Gasteiger charge is -2.33. The fourth-order valence-electron chi connectivity index (χ4n) is 2.94. The van der Waals surface area contributed by atoms with Crippen LogP contribution in [0, 0.1) is 0 Å². The van der Waals surface area contributed by atoms with E-state index in [1.54, 1.807) is 11.3 Å². The Hall–Kier alpha value is -1.69.